The molecule has 0 spiro atoms. The van der Waals surface area contributed by atoms with Crippen LogP contribution in [-0.2, 0) is 6.54 Å². The zero-order valence-electron chi connectivity index (χ0n) is 17.7. The molecule has 0 radical (unpaired) electrons. The van der Waals surface area contributed by atoms with E-state index in [0.717, 1.165) is 55.9 Å². The molecule has 7 nitrogen and oxygen atoms in total. The van der Waals surface area contributed by atoms with Crippen LogP contribution in [0.1, 0.15) is 38.1 Å². The third-order valence-corrected chi connectivity index (χ3v) is 4.89. The summed E-state index contributed by atoms with van der Waals surface area (Å²) in [5.74, 6) is 2.98. The number of ether oxygens (including phenoxy) is 1. The maximum absolute atomic E-state index is 5.42. The van der Waals surface area contributed by atoms with E-state index < -0.39 is 0 Å². The standard InChI is InChI=1S/C21H31N5O2.HI/c1-5-22-21(23-15-19-14-20(16(2)3)24-28-19)26-11-9-25(10-12-26)17-7-6-8-18(13-17)27-4;/h6-8,13-14,16H,5,9-12,15H2,1-4H3,(H,22,23);1H. The number of methoxy groups -OCH3 is 1. The van der Waals surface area contributed by atoms with Crippen LogP contribution in [0.15, 0.2) is 39.8 Å². The summed E-state index contributed by atoms with van der Waals surface area (Å²) in [4.78, 5) is 9.45. The van der Waals surface area contributed by atoms with Gasteiger partial charge in [-0.1, -0.05) is 25.1 Å². The second kappa shape index (κ2) is 11.3. The Labute approximate surface area is 190 Å². The molecule has 0 bridgehead atoms. The van der Waals surface area contributed by atoms with Crippen molar-refractivity contribution in [2.75, 3.05) is 44.7 Å². The lowest BCUT2D eigenvalue weighted by Gasteiger charge is -2.37. The van der Waals surface area contributed by atoms with Gasteiger partial charge in [0.25, 0.3) is 0 Å². The first-order valence-corrected chi connectivity index (χ1v) is 9.98. The summed E-state index contributed by atoms with van der Waals surface area (Å²) in [6, 6.07) is 10.2. The lowest BCUT2D eigenvalue weighted by Crippen LogP contribution is -2.52. The maximum atomic E-state index is 5.42. The number of hydrogen-bond donors (Lipinski definition) is 1. The largest absolute Gasteiger partial charge is 0.497 e. The Balaban J connectivity index is 0.00000300. The number of rotatable bonds is 6. The first-order chi connectivity index (χ1) is 13.6. The average molecular weight is 513 g/mol. The van der Waals surface area contributed by atoms with Gasteiger partial charge in [0.1, 0.15) is 12.3 Å². The number of piperazine rings is 1. The monoisotopic (exact) mass is 513 g/mol. The number of aliphatic imine (C=N–C) groups is 1. The van der Waals surface area contributed by atoms with E-state index in [2.05, 4.69) is 53.2 Å². The highest BCUT2D eigenvalue weighted by atomic mass is 127. The van der Waals surface area contributed by atoms with Crippen molar-refractivity contribution in [3.05, 3.63) is 41.8 Å². The van der Waals surface area contributed by atoms with Crippen molar-refractivity contribution in [1.82, 2.24) is 15.4 Å². The minimum absolute atomic E-state index is 0. The van der Waals surface area contributed by atoms with Crippen molar-refractivity contribution in [3.8, 4) is 5.75 Å². The Morgan fingerprint density at radius 2 is 2.00 bits per heavy atom. The molecule has 1 aromatic carbocycles. The van der Waals surface area contributed by atoms with Crippen LogP contribution < -0.4 is 15.0 Å². The smallest absolute Gasteiger partial charge is 0.194 e. The summed E-state index contributed by atoms with van der Waals surface area (Å²) < 4.78 is 10.8. The van der Waals surface area contributed by atoms with E-state index in [1.54, 1.807) is 7.11 Å². The molecule has 0 aliphatic carbocycles. The van der Waals surface area contributed by atoms with Gasteiger partial charge in [-0.05, 0) is 25.0 Å². The van der Waals surface area contributed by atoms with Gasteiger partial charge in [-0.25, -0.2) is 4.99 Å². The molecular weight excluding hydrogens is 481 g/mol. The Morgan fingerprint density at radius 1 is 1.24 bits per heavy atom. The van der Waals surface area contributed by atoms with Crippen LogP contribution in [0.2, 0.25) is 0 Å². The van der Waals surface area contributed by atoms with Gasteiger partial charge in [0.05, 0.1) is 12.8 Å². The average Bonchev–Trinajstić information content (AvgIpc) is 3.21. The maximum Gasteiger partial charge on any atom is 0.194 e. The summed E-state index contributed by atoms with van der Waals surface area (Å²) in [5.41, 5.74) is 2.17. The molecule has 2 aromatic rings. The Kier molecular flexibility index (Phi) is 9.06. The van der Waals surface area contributed by atoms with E-state index >= 15 is 0 Å². The van der Waals surface area contributed by atoms with Crippen molar-refractivity contribution in [1.29, 1.82) is 0 Å². The van der Waals surface area contributed by atoms with E-state index in [9.17, 15) is 0 Å². The molecule has 0 atom stereocenters. The second-order valence-corrected chi connectivity index (χ2v) is 7.22. The van der Waals surface area contributed by atoms with Gasteiger partial charge in [0.2, 0.25) is 0 Å². The normalized spacial score (nSPS) is 14.7. The molecule has 1 aromatic heterocycles. The van der Waals surface area contributed by atoms with Gasteiger partial charge in [0, 0.05) is 50.5 Å². The molecule has 1 fully saturated rings. The number of benzene rings is 1. The number of guanidine groups is 1. The molecule has 29 heavy (non-hydrogen) atoms. The fraction of sp³-hybridized carbons (Fsp3) is 0.524. The Hall–Kier alpha value is -1.97. The molecule has 8 heteroatoms. The van der Waals surface area contributed by atoms with Crippen LogP contribution in [-0.4, -0.2) is 55.8 Å². The van der Waals surface area contributed by atoms with Crippen molar-refractivity contribution >= 4 is 35.6 Å². The Morgan fingerprint density at radius 3 is 2.62 bits per heavy atom. The van der Waals surface area contributed by atoms with Gasteiger partial charge in [-0.15, -0.1) is 24.0 Å². The van der Waals surface area contributed by atoms with Crippen molar-refractivity contribution in [2.45, 2.75) is 33.2 Å². The van der Waals surface area contributed by atoms with Gasteiger partial charge in [-0.3, -0.25) is 0 Å². The third-order valence-electron chi connectivity index (χ3n) is 4.89. The summed E-state index contributed by atoms with van der Waals surface area (Å²) >= 11 is 0. The SMILES string of the molecule is CCNC(=NCc1cc(C(C)C)no1)N1CCN(c2cccc(OC)c2)CC1.I. The molecule has 1 N–H and O–H groups in total. The van der Waals surface area contributed by atoms with E-state index in [0.29, 0.717) is 12.5 Å². The molecular formula is C21H32IN5O2. The van der Waals surface area contributed by atoms with Crippen molar-refractivity contribution < 1.29 is 9.26 Å². The number of nitrogens with zero attached hydrogens (tertiary/aromatic N) is 4. The van der Waals surface area contributed by atoms with Crippen LogP contribution in [0.5, 0.6) is 5.75 Å². The van der Waals surface area contributed by atoms with E-state index in [-0.39, 0.29) is 24.0 Å². The molecule has 2 heterocycles. The molecule has 1 aliphatic rings. The topological polar surface area (TPSA) is 66.1 Å². The molecule has 3 rings (SSSR count). The highest BCUT2D eigenvalue weighted by Gasteiger charge is 2.20. The van der Waals surface area contributed by atoms with Gasteiger partial charge in [-0.2, -0.15) is 0 Å². The Bertz CT molecular complexity index is 785. The van der Waals surface area contributed by atoms with Crippen molar-refractivity contribution in [3.63, 3.8) is 0 Å². The fourth-order valence-electron chi connectivity index (χ4n) is 3.24. The molecule has 160 valence electrons. The van der Waals surface area contributed by atoms with Gasteiger partial charge in [0.15, 0.2) is 11.7 Å². The highest BCUT2D eigenvalue weighted by molar-refractivity contribution is 14.0. The van der Waals surface area contributed by atoms with Gasteiger partial charge < -0.3 is 24.4 Å². The lowest BCUT2D eigenvalue weighted by molar-refractivity contribution is 0.363. The predicted molar refractivity (Wildman–Crippen MR) is 128 cm³/mol. The zero-order valence-corrected chi connectivity index (χ0v) is 20.1. The second-order valence-electron chi connectivity index (χ2n) is 7.22. The molecule has 1 saturated heterocycles. The number of halogens is 1. The first kappa shape index (κ1) is 23.3. The van der Waals surface area contributed by atoms with E-state index in [4.69, 9.17) is 14.3 Å². The van der Waals surface area contributed by atoms with Crippen molar-refractivity contribution in [2.24, 2.45) is 4.99 Å². The van der Waals surface area contributed by atoms with Crippen LogP contribution in [0.4, 0.5) is 5.69 Å². The number of anilines is 1. The van der Waals surface area contributed by atoms with E-state index in [1.165, 1.54) is 5.69 Å². The van der Waals surface area contributed by atoms with E-state index in [1.807, 2.05) is 18.2 Å². The summed E-state index contributed by atoms with van der Waals surface area (Å²) in [6.45, 7) is 11.4. The summed E-state index contributed by atoms with van der Waals surface area (Å²) in [5, 5.41) is 7.51. The molecule has 0 unspecified atom stereocenters. The predicted octanol–water partition coefficient (Wildman–Crippen LogP) is 3.71. The third kappa shape index (κ3) is 6.25. The van der Waals surface area contributed by atoms with Gasteiger partial charge >= 0.3 is 0 Å². The summed E-state index contributed by atoms with van der Waals surface area (Å²) in [7, 11) is 1.70. The van der Waals surface area contributed by atoms with Crippen LogP contribution in [0.3, 0.4) is 0 Å². The quantitative estimate of drug-likeness (QED) is 0.361. The first-order valence-electron chi connectivity index (χ1n) is 9.98. The van der Waals surface area contributed by atoms with Crippen LogP contribution >= 0.6 is 24.0 Å². The molecule has 1 aliphatic heterocycles. The number of aromatic nitrogens is 1. The molecule has 0 amide bonds. The minimum Gasteiger partial charge on any atom is -0.497 e. The summed E-state index contributed by atoms with van der Waals surface area (Å²) in [6.07, 6.45) is 0. The molecule has 0 saturated carbocycles. The number of hydrogen-bond acceptors (Lipinski definition) is 5. The van der Waals surface area contributed by atoms with Crippen LogP contribution in [0, 0.1) is 0 Å². The zero-order chi connectivity index (χ0) is 19.9. The van der Waals surface area contributed by atoms with Crippen LogP contribution in [0.25, 0.3) is 0 Å². The minimum atomic E-state index is 0. The lowest BCUT2D eigenvalue weighted by atomic mass is 10.1. The number of nitrogens with one attached hydrogen (secondary N) is 1. The fourth-order valence-corrected chi connectivity index (χ4v) is 3.24. The highest BCUT2D eigenvalue weighted by Crippen LogP contribution is 2.22.